The second-order valence-electron chi connectivity index (χ2n) is 16.4. The Balaban J connectivity index is 0.831. The molecule has 2 N–H and O–H groups in total. The predicted octanol–water partition coefficient (Wildman–Crippen LogP) is 13.2. The molecule has 11 nitrogen and oxygen atoms in total. The quantitative estimate of drug-likeness (QED) is 0.0331. The van der Waals surface area contributed by atoms with Crippen LogP contribution in [0.1, 0.15) is 75.6 Å². The Kier molecular flexibility index (Phi) is 20.9. The first-order chi connectivity index (χ1) is 32.1. The highest BCUT2D eigenvalue weighted by molar-refractivity contribution is 7.33. The maximum absolute atomic E-state index is 12.4. The van der Waals surface area contributed by atoms with E-state index in [0.717, 1.165) is 82.1 Å². The van der Waals surface area contributed by atoms with Crippen LogP contribution in [0.3, 0.4) is 0 Å². The molecular formula is C52H63Cl2N2O9P. The Bertz CT molecular complexity index is 2210. The van der Waals surface area contributed by atoms with Gasteiger partial charge in [0.2, 0.25) is 0 Å². The van der Waals surface area contributed by atoms with Crippen LogP contribution >= 0.6 is 31.5 Å². The molecule has 354 valence electrons. The Hall–Kier alpha value is -4.71. The lowest BCUT2D eigenvalue weighted by Crippen LogP contribution is -2.16. The summed E-state index contributed by atoms with van der Waals surface area (Å²) in [5, 5.41) is 8.13. The van der Waals surface area contributed by atoms with Gasteiger partial charge < -0.3 is 47.5 Å². The molecule has 4 aromatic carbocycles. The van der Waals surface area contributed by atoms with Crippen molar-refractivity contribution in [1.82, 2.24) is 10.6 Å². The molecule has 0 saturated heterocycles. The number of halogens is 2. The van der Waals surface area contributed by atoms with Crippen LogP contribution in [0.5, 0.6) is 23.0 Å². The minimum atomic E-state index is -2.58. The first-order valence-electron chi connectivity index (χ1n) is 22.8. The van der Waals surface area contributed by atoms with E-state index in [2.05, 4.69) is 34.9 Å². The van der Waals surface area contributed by atoms with Crippen molar-refractivity contribution in [1.29, 1.82) is 0 Å². The molecular weight excluding hydrogens is 898 g/mol. The van der Waals surface area contributed by atoms with E-state index in [1.807, 2.05) is 100 Å². The van der Waals surface area contributed by atoms with Crippen molar-refractivity contribution in [3.8, 4) is 45.6 Å². The summed E-state index contributed by atoms with van der Waals surface area (Å²) in [7, 11) is -2.58. The zero-order valence-corrected chi connectivity index (χ0v) is 40.9. The first-order valence-corrected chi connectivity index (χ1v) is 24.8. The van der Waals surface area contributed by atoms with E-state index in [-0.39, 0.29) is 12.2 Å². The lowest BCUT2D eigenvalue weighted by atomic mass is 10.1. The smallest absolute Gasteiger partial charge is 0.319 e. The molecule has 0 aliphatic carbocycles. The van der Waals surface area contributed by atoms with Crippen LogP contribution in [0.25, 0.3) is 22.6 Å². The number of furan rings is 2. The SMILES string of the molecule is CC(C)Oc1ccc(CCCOc2ccc(CNCCCO[PH](=O)OCCCNCc3ccc(OCCCc4ccc(OC(C)C)c(Cl)c4)c(-c4ccco4)c3)cc2-c2ccco2)cc1Cl. The number of aryl methyl sites for hydroxylation is 2. The molecule has 0 bridgehead atoms. The van der Waals surface area contributed by atoms with Gasteiger partial charge in [0.25, 0.3) is 0 Å². The monoisotopic (exact) mass is 960 g/mol. The summed E-state index contributed by atoms with van der Waals surface area (Å²) in [6.45, 7) is 12.4. The average molecular weight is 962 g/mol. The molecule has 0 radical (unpaired) electrons. The fourth-order valence-corrected chi connectivity index (χ4v) is 8.30. The first kappa shape index (κ1) is 50.7. The van der Waals surface area contributed by atoms with Crippen LogP contribution in [0.15, 0.2) is 118 Å². The molecule has 2 aromatic heterocycles. The highest BCUT2D eigenvalue weighted by Crippen LogP contribution is 2.34. The Morgan fingerprint density at radius 3 is 1.35 bits per heavy atom. The van der Waals surface area contributed by atoms with Gasteiger partial charge >= 0.3 is 8.25 Å². The fourth-order valence-electron chi connectivity index (χ4n) is 7.10. The minimum absolute atomic E-state index is 0.0669. The summed E-state index contributed by atoms with van der Waals surface area (Å²) in [5.41, 5.74) is 6.25. The second kappa shape index (κ2) is 27.2. The van der Waals surface area contributed by atoms with E-state index in [1.54, 1.807) is 12.5 Å². The molecule has 0 atom stereocenters. The molecule has 0 fully saturated rings. The van der Waals surface area contributed by atoms with Gasteiger partial charge in [0.15, 0.2) is 0 Å². The largest absolute Gasteiger partial charge is 0.493 e. The van der Waals surface area contributed by atoms with Crippen LogP contribution < -0.4 is 29.6 Å². The lowest BCUT2D eigenvalue weighted by molar-refractivity contribution is 0.220. The third-order valence-electron chi connectivity index (χ3n) is 10.2. The molecule has 66 heavy (non-hydrogen) atoms. The Labute approximate surface area is 400 Å². The van der Waals surface area contributed by atoms with Crippen LogP contribution in [0.4, 0.5) is 0 Å². The number of ether oxygens (including phenoxy) is 4. The van der Waals surface area contributed by atoms with Crippen LogP contribution in [0.2, 0.25) is 10.0 Å². The zero-order chi connectivity index (χ0) is 46.5. The van der Waals surface area contributed by atoms with E-state index in [4.69, 9.17) is 60.0 Å². The Morgan fingerprint density at radius 1 is 0.530 bits per heavy atom. The summed E-state index contributed by atoms with van der Waals surface area (Å²) >= 11 is 12.9. The zero-order valence-electron chi connectivity index (χ0n) is 38.4. The fraction of sp³-hybridized carbons (Fsp3) is 0.385. The maximum Gasteiger partial charge on any atom is 0.319 e. The van der Waals surface area contributed by atoms with Crippen molar-refractivity contribution in [3.05, 3.63) is 142 Å². The van der Waals surface area contributed by atoms with E-state index in [1.165, 1.54) is 0 Å². The van der Waals surface area contributed by atoms with E-state index in [0.29, 0.717) is 87.0 Å². The van der Waals surface area contributed by atoms with Crippen LogP contribution in [-0.4, -0.2) is 51.7 Å². The molecule has 0 saturated carbocycles. The van der Waals surface area contributed by atoms with Crippen molar-refractivity contribution in [2.24, 2.45) is 0 Å². The van der Waals surface area contributed by atoms with Crippen molar-refractivity contribution < 1.29 is 41.4 Å². The summed E-state index contributed by atoms with van der Waals surface area (Å²) in [5.74, 6) is 4.42. The number of nitrogens with one attached hydrogen (secondary N) is 2. The van der Waals surface area contributed by atoms with Gasteiger partial charge in [0.1, 0.15) is 34.5 Å². The van der Waals surface area contributed by atoms with Gasteiger partial charge in [-0.3, -0.25) is 4.57 Å². The van der Waals surface area contributed by atoms with Gasteiger partial charge in [-0.05, 0) is 174 Å². The van der Waals surface area contributed by atoms with Gasteiger partial charge in [-0.15, -0.1) is 0 Å². The number of hydrogen-bond donors (Lipinski definition) is 2. The number of rotatable bonds is 30. The second-order valence-corrected chi connectivity index (χ2v) is 18.3. The lowest BCUT2D eigenvalue weighted by Gasteiger charge is -2.14. The predicted molar refractivity (Wildman–Crippen MR) is 264 cm³/mol. The number of hydrogen-bond acceptors (Lipinski definition) is 11. The number of benzene rings is 4. The topological polar surface area (TPSA) is 123 Å². The molecule has 0 unspecified atom stereocenters. The van der Waals surface area contributed by atoms with Gasteiger partial charge in [-0.2, -0.15) is 0 Å². The van der Waals surface area contributed by atoms with Crippen LogP contribution in [0, 0.1) is 0 Å². The molecule has 0 aliphatic rings. The standard InChI is InChI=1S/C52H63Cl2N2O9P/c1-37(2)64-51-21-15-39(33-45(51)53)11-5-25-60-49-19-17-41(31-43(49)47-13-7-27-58-47)35-55-23-9-29-62-66(57)63-30-10-24-56-36-42-18-20-50(44(32-42)48-14-8-28-59-48)61-26-6-12-40-16-22-52(46(54)34-40)65-38(3)4/h7-8,13-22,27-28,31-34,37-38,55-56,66H,5-6,9-12,23-26,29-30,35-36H2,1-4H3. The van der Waals surface area contributed by atoms with Crippen molar-refractivity contribution in [3.63, 3.8) is 0 Å². The van der Waals surface area contributed by atoms with Crippen molar-refractivity contribution in [2.45, 2.75) is 91.5 Å². The molecule has 14 heteroatoms. The molecule has 0 spiro atoms. The summed E-state index contributed by atoms with van der Waals surface area (Å²) in [6, 6.07) is 31.7. The van der Waals surface area contributed by atoms with Crippen LogP contribution in [-0.2, 0) is 39.5 Å². The van der Waals surface area contributed by atoms with E-state index in [9.17, 15) is 4.57 Å². The minimum Gasteiger partial charge on any atom is -0.493 e. The van der Waals surface area contributed by atoms with E-state index >= 15 is 0 Å². The van der Waals surface area contributed by atoms with Crippen molar-refractivity contribution in [2.75, 3.05) is 39.5 Å². The van der Waals surface area contributed by atoms with Gasteiger partial charge in [-0.1, -0.05) is 47.5 Å². The molecule has 6 rings (SSSR count). The summed E-state index contributed by atoms with van der Waals surface area (Å²) in [4.78, 5) is 0. The molecule has 0 amide bonds. The highest BCUT2D eigenvalue weighted by Gasteiger charge is 2.14. The normalized spacial score (nSPS) is 11.5. The third-order valence-corrected chi connectivity index (χ3v) is 11.7. The molecule has 6 aromatic rings. The Morgan fingerprint density at radius 2 is 0.955 bits per heavy atom. The maximum atomic E-state index is 12.4. The third kappa shape index (κ3) is 16.9. The highest BCUT2D eigenvalue weighted by atomic mass is 35.5. The van der Waals surface area contributed by atoms with Crippen molar-refractivity contribution >= 4 is 31.5 Å². The van der Waals surface area contributed by atoms with Gasteiger partial charge in [-0.25, -0.2) is 0 Å². The van der Waals surface area contributed by atoms with Gasteiger partial charge in [0, 0.05) is 13.1 Å². The van der Waals surface area contributed by atoms with Gasteiger partial charge in [0.05, 0.1) is 72.3 Å². The summed E-state index contributed by atoms with van der Waals surface area (Å²) < 4.78 is 58.8. The van der Waals surface area contributed by atoms with E-state index < -0.39 is 8.25 Å². The molecule has 0 aliphatic heterocycles. The molecule has 2 heterocycles. The average Bonchev–Trinajstić information content (AvgIpc) is 4.05. The summed E-state index contributed by atoms with van der Waals surface area (Å²) in [6.07, 6.45) is 8.15.